The molecule has 19 heavy (non-hydrogen) atoms. The van der Waals surface area contributed by atoms with E-state index in [2.05, 4.69) is 53.3 Å². The van der Waals surface area contributed by atoms with Crippen LogP contribution in [0.1, 0.15) is 16.7 Å². The van der Waals surface area contributed by atoms with Crippen LogP contribution in [-0.4, -0.2) is 0 Å². The van der Waals surface area contributed by atoms with Crippen molar-refractivity contribution in [2.24, 2.45) is 0 Å². The van der Waals surface area contributed by atoms with Crippen molar-refractivity contribution in [1.82, 2.24) is 0 Å². The van der Waals surface area contributed by atoms with Crippen LogP contribution in [0, 0.1) is 13.8 Å². The van der Waals surface area contributed by atoms with Crippen LogP contribution in [0.2, 0.25) is 10.0 Å². The molecule has 1 nitrogen and oxygen atoms in total. The molecule has 0 atom stereocenters. The van der Waals surface area contributed by atoms with Crippen molar-refractivity contribution in [2.45, 2.75) is 20.4 Å². The number of hydrogen-bond acceptors (Lipinski definition) is 1. The molecule has 2 aromatic rings. The molecule has 0 aliphatic rings. The van der Waals surface area contributed by atoms with Gasteiger partial charge in [0.05, 0.1) is 15.7 Å². The second kappa shape index (κ2) is 6.17. The molecule has 4 heteroatoms. The summed E-state index contributed by atoms with van der Waals surface area (Å²) in [4.78, 5) is 0. The first kappa shape index (κ1) is 14.7. The van der Waals surface area contributed by atoms with Crippen LogP contribution in [0.3, 0.4) is 0 Å². The lowest BCUT2D eigenvalue weighted by Crippen LogP contribution is -2.01. The molecule has 2 aromatic carbocycles. The zero-order valence-electron chi connectivity index (χ0n) is 10.7. The summed E-state index contributed by atoms with van der Waals surface area (Å²) in [5.74, 6) is 0. The lowest BCUT2D eigenvalue weighted by atomic mass is 10.1. The molecule has 0 aromatic heterocycles. The molecule has 0 fully saturated rings. The van der Waals surface area contributed by atoms with Gasteiger partial charge in [0, 0.05) is 11.0 Å². The Balaban J connectivity index is 2.14. The monoisotopic (exact) mass is 357 g/mol. The summed E-state index contributed by atoms with van der Waals surface area (Å²) in [5.41, 5.74) is 4.65. The third-order valence-corrected chi connectivity index (χ3v) is 4.86. The highest BCUT2D eigenvalue weighted by Gasteiger charge is 2.08. The molecule has 0 saturated heterocycles. The van der Waals surface area contributed by atoms with Crippen molar-refractivity contribution >= 4 is 44.8 Å². The van der Waals surface area contributed by atoms with Crippen molar-refractivity contribution < 1.29 is 0 Å². The normalized spacial score (nSPS) is 10.6. The molecule has 0 saturated carbocycles. The summed E-state index contributed by atoms with van der Waals surface area (Å²) in [5, 5.41) is 4.38. The topological polar surface area (TPSA) is 12.0 Å². The van der Waals surface area contributed by atoms with E-state index in [1.54, 1.807) is 0 Å². The maximum Gasteiger partial charge on any atom is 0.0835 e. The fourth-order valence-corrected chi connectivity index (χ4v) is 2.61. The molecule has 0 bridgehead atoms. The Hall–Kier alpha value is -0.700. The van der Waals surface area contributed by atoms with Gasteiger partial charge >= 0.3 is 0 Å². The first-order valence-corrected chi connectivity index (χ1v) is 7.47. The maximum absolute atomic E-state index is 6.20. The van der Waals surface area contributed by atoms with E-state index in [1.807, 2.05) is 12.1 Å². The lowest BCUT2D eigenvalue weighted by molar-refractivity contribution is 1.13. The Kier molecular flexibility index (Phi) is 4.77. The molecular formula is C15H14BrCl2N. The highest BCUT2D eigenvalue weighted by atomic mass is 79.9. The van der Waals surface area contributed by atoms with Gasteiger partial charge in [0.15, 0.2) is 0 Å². The van der Waals surface area contributed by atoms with Gasteiger partial charge in [0.2, 0.25) is 0 Å². The number of rotatable bonds is 3. The third kappa shape index (κ3) is 3.44. The van der Waals surface area contributed by atoms with E-state index in [4.69, 9.17) is 23.2 Å². The minimum atomic E-state index is 0.534. The standard InChI is InChI=1S/C15H14BrCl2N/c1-9-3-4-11(7-10(9)2)8-19-13-6-5-12(16)14(17)15(13)18/h3-7,19H,8H2,1-2H3. The number of nitrogens with one attached hydrogen (secondary N) is 1. The van der Waals surface area contributed by atoms with Crippen molar-refractivity contribution in [1.29, 1.82) is 0 Å². The van der Waals surface area contributed by atoms with Crippen LogP contribution >= 0.6 is 39.1 Å². The maximum atomic E-state index is 6.20. The van der Waals surface area contributed by atoms with E-state index in [0.717, 1.165) is 16.7 Å². The van der Waals surface area contributed by atoms with E-state index >= 15 is 0 Å². The van der Waals surface area contributed by atoms with E-state index in [1.165, 1.54) is 16.7 Å². The van der Waals surface area contributed by atoms with Crippen LogP contribution in [0.25, 0.3) is 0 Å². The average Bonchev–Trinajstić information content (AvgIpc) is 2.39. The van der Waals surface area contributed by atoms with Gasteiger partial charge in [-0.25, -0.2) is 0 Å². The van der Waals surface area contributed by atoms with Crippen molar-refractivity contribution in [2.75, 3.05) is 5.32 Å². The van der Waals surface area contributed by atoms with Crippen molar-refractivity contribution in [3.8, 4) is 0 Å². The summed E-state index contributed by atoms with van der Waals surface area (Å²) in [6.07, 6.45) is 0. The molecular weight excluding hydrogens is 345 g/mol. The van der Waals surface area contributed by atoms with E-state index in [0.29, 0.717) is 10.0 Å². The number of halogens is 3. The Morgan fingerprint density at radius 3 is 2.42 bits per heavy atom. The van der Waals surface area contributed by atoms with Gasteiger partial charge in [-0.15, -0.1) is 0 Å². The van der Waals surface area contributed by atoms with Gasteiger partial charge in [0.1, 0.15) is 0 Å². The Morgan fingerprint density at radius 1 is 1.00 bits per heavy atom. The first-order valence-electron chi connectivity index (χ1n) is 5.92. The van der Waals surface area contributed by atoms with E-state index in [9.17, 15) is 0 Å². The van der Waals surface area contributed by atoms with E-state index in [-0.39, 0.29) is 0 Å². The van der Waals surface area contributed by atoms with Gasteiger partial charge in [0.25, 0.3) is 0 Å². The summed E-state index contributed by atoms with van der Waals surface area (Å²) >= 11 is 15.6. The van der Waals surface area contributed by atoms with Crippen molar-refractivity contribution in [3.63, 3.8) is 0 Å². The minimum Gasteiger partial charge on any atom is -0.380 e. The van der Waals surface area contributed by atoms with Gasteiger partial charge in [-0.3, -0.25) is 0 Å². The van der Waals surface area contributed by atoms with Gasteiger partial charge in [-0.1, -0.05) is 41.4 Å². The Morgan fingerprint density at radius 2 is 1.74 bits per heavy atom. The Labute approximate surface area is 132 Å². The number of hydrogen-bond donors (Lipinski definition) is 1. The third-order valence-electron chi connectivity index (χ3n) is 3.09. The van der Waals surface area contributed by atoms with Gasteiger partial charge < -0.3 is 5.32 Å². The molecule has 0 aliphatic heterocycles. The molecule has 0 radical (unpaired) electrons. The van der Waals surface area contributed by atoms with Gasteiger partial charge in [-0.2, -0.15) is 0 Å². The molecule has 0 aliphatic carbocycles. The fraction of sp³-hybridized carbons (Fsp3) is 0.200. The molecule has 100 valence electrons. The van der Waals surface area contributed by atoms with Crippen LogP contribution in [0.5, 0.6) is 0 Å². The quantitative estimate of drug-likeness (QED) is 0.665. The molecule has 0 heterocycles. The summed E-state index contributed by atoms with van der Waals surface area (Å²) in [6, 6.07) is 10.2. The van der Waals surface area contributed by atoms with E-state index < -0.39 is 0 Å². The van der Waals surface area contributed by atoms with Crippen LogP contribution in [-0.2, 0) is 6.54 Å². The summed E-state index contributed by atoms with van der Waals surface area (Å²) in [7, 11) is 0. The second-order valence-corrected chi connectivity index (χ2v) is 6.11. The zero-order chi connectivity index (χ0) is 14.0. The predicted octanol–water partition coefficient (Wildman–Crippen LogP) is 5.98. The molecule has 2 rings (SSSR count). The fourth-order valence-electron chi connectivity index (χ4n) is 1.77. The number of benzene rings is 2. The predicted molar refractivity (Wildman–Crippen MR) is 87.4 cm³/mol. The largest absolute Gasteiger partial charge is 0.380 e. The molecule has 0 unspecified atom stereocenters. The number of aryl methyl sites for hydroxylation is 2. The minimum absolute atomic E-state index is 0.534. The van der Waals surface area contributed by atoms with Crippen LogP contribution in [0.15, 0.2) is 34.8 Å². The van der Waals surface area contributed by atoms with Crippen LogP contribution < -0.4 is 5.32 Å². The molecule has 1 N–H and O–H groups in total. The molecule has 0 spiro atoms. The van der Waals surface area contributed by atoms with Crippen LogP contribution in [0.4, 0.5) is 5.69 Å². The lowest BCUT2D eigenvalue weighted by Gasteiger charge is -2.11. The average molecular weight is 359 g/mol. The zero-order valence-corrected chi connectivity index (χ0v) is 13.8. The van der Waals surface area contributed by atoms with Gasteiger partial charge in [-0.05, 0) is 58.6 Å². The Bertz CT molecular complexity index is 611. The first-order chi connectivity index (χ1) is 8.99. The summed E-state index contributed by atoms with van der Waals surface area (Å²) < 4.78 is 0.802. The smallest absolute Gasteiger partial charge is 0.0835 e. The highest BCUT2D eigenvalue weighted by Crippen LogP contribution is 2.35. The SMILES string of the molecule is Cc1ccc(CNc2ccc(Br)c(Cl)c2Cl)cc1C. The highest BCUT2D eigenvalue weighted by molar-refractivity contribution is 9.10. The molecule has 0 amide bonds. The van der Waals surface area contributed by atoms with Crippen molar-refractivity contribution in [3.05, 3.63) is 61.5 Å². The number of anilines is 1. The second-order valence-electron chi connectivity index (χ2n) is 4.50. The summed E-state index contributed by atoms with van der Waals surface area (Å²) in [6.45, 7) is 4.94.